The van der Waals surface area contributed by atoms with Gasteiger partial charge in [-0.25, -0.2) is 4.98 Å². The van der Waals surface area contributed by atoms with E-state index in [9.17, 15) is 4.79 Å². The summed E-state index contributed by atoms with van der Waals surface area (Å²) in [7, 11) is 0. The summed E-state index contributed by atoms with van der Waals surface area (Å²) < 4.78 is 2.10. The fourth-order valence-corrected chi connectivity index (χ4v) is 3.35. The second kappa shape index (κ2) is 5.57. The molecule has 1 fully saturated rings. The number of fused-ring (bicyclic) bond motifs is 1. The molecule has 2 aromatic rings. The number of nitrogens with one attached hydrogen (secondary N) is 2. The van der Waals surface area contributed by atoms with Crippen molar-refractivity contribution in [1.29, 1.82) is 0 Å². The molecule has 116 valence electrons. The molecule has 22 heavy (non-hydrogen) atoms. The quantitative estimate of drug-likeness (QED) is 0.870. The van der Waals surface area contributed by atoms with E-state index in [1.165, 1.54) is 12.8 Å². The van der Waals surface area contributed by atoms with Gasteiger partial charge in [0.05, 0.1) is 24.0 Å². The molecule has 0 saturated carbocycles. The molecule has 2 aliphatic heterocycles. The van der Waals surface area contributed by atoms with Crippen molar-refractivity contribution in [3.05, 3.63) is 35.7 Å². The first-order valence-electron chi connectivity index (χ1n) is 7.89. The molecule has 2 aromatic heterocycles. The lowest BCUT2D eigenvalue weighted by Gasteiger charge is -2.29. The zero-order chi connectivity index (χ0) is 14.9. The number of rotatable bonds is 2. The third-order valence-electron chi connectivity index (χ3n) is 4.59. The maximum absolute atomic E-state index is 12.9. The fraction of sp³-hybridized carbons (Fsp3) is 0.533. The highest BCUT2D eigenvalue weighted by molar-refractivity contribution is 5.95. The summed E-state index contributed by atoms with van der Waals surface area (Å²) in [5.41, 5.74) is 1.62. The fourth-order valence-electron chi connectivity index (χ4n) is 3.35. The van der Waals surface area contributed by atoms with Crippen LogP contribution in [0.5, 0.6) is 0 Å². The summed E-state index contributed by atoms with van der Waals surface area (Å²) >= 11 is 0. The van der Waals surface area contributed by atoms with E-state index in [4.69, 9.17) is 0 Å². The van der Waals surface area contributed by atoms with Crippen LogP contribution in [-0.4, -0.2) is 43.6 Å². The second-order valence-corrected chi connectivity index (χ2v) is 5.96. The number of carbonyl (C=O) groups excluding carboxylic acids is 1. The van der Waals surface area contributed by atoms with Crippen LogP contribution in [0.1, 0.15) is 47.2 Å². The van der Waals surface area contributed by atoms with Crippen LogP contribution in [0.3, 0.4) is 0 Å². The Morgan fingerprint density at radius 2 is 2.27 bits per heavy atom. The average molecular weight is 300 g/mol. The van der Waals surface area contributed by atoms with Crippen molar-refractivity contribution in [2.75, 3.05) is 13.1 Å². The van der Waals surface area contributed by atoms with E-state index in [-0.39, 0.29) is 11.9 Å². The van der Waals surface area contributed by atoms with Gasteiger partial charge in [0.25, 0.3) is 5.91 Å². The van der Waals surface area contributed by atoms with Crippen molar-refractivity contribution in [2.45, 2.75) is 38.4 Å². The Kier molecular flexibility index (Phi) is 3.42. The summed E-state index contributed by atoms with van der Waals surface area (Å²) in [6.45, 7) is 3.08. The molecule has 0 spiro atoms. The number of hydrogen-bond acceptors (Lipinski definition) is 4. The highest BCUT2D eigenvalue weighted by Gasteiger charge is 2.28. The first-order chi connectivity index (χ1) is 10.8. The molecule has 4 rings (SSSR count). The van der Waals surface area contributed by atoms with Crippen LogP contribution >= 0.6 is 0 Å². The Morgan fingerprint density at radius 3 is 3.14 bits per heavy atom. The van der Waals surface area contributed by atoms with Crippen LogP contribution in [0.2, 0.25) is 0 Å². The lowest BCUT2D eigenvalue weighted by molar-refractivity contribution is 0.0705. The Labute approximate surface area is 128 Å². The maximum Gasteiger partial charge on any atom is 0.257 e. The van der Waals surface area contributed by atoms with Gasteiger partial charge in [0.2, 0.25) is 0 Å². The molecule has 1 atom stereocenters. The van der Waals surface area contributed by atoms with Crippen molar-refractivity contribution < 1.29 is 4.79 Å². The van der Waals surface area contributed by atoms with Gasteiger partial charge in [0.1, 0.15) is 5.82 Å². The molecular weight excluding hydrogens is 280 g/mol. The minimum absolute atomic E-state index is 0.0466. The molecule has 2 N–H and O–H groups in total. The maximum atomic E-state index is 12.9. The molecule has 7 nitrogen and oxygen atoms in total. The molecule has 1 saturated heterocycles. The summed E-state index contributed by atoms with van der Waals surface area (Å²) in [6.07, 6.45) is 8.85. The van der Waals surface area contributed by atoms with E-state index in [0.717, 1.165) is 31.0 Å². The van der Waals surface area contributed by atoms with Gasteiger partial charge in [-0.15, -0.1) is 0 Å². The molecule has 0 radical (unpaired) electrons. The van der Waals surface area contributed by atoms with Crippen LogP contribution < -0.4 is 5.32 Å². The number of carbonyl (C=O) groups is 1. The van der Waals surface area contributed by atoms with Crippen LogP contribution in [0, 0.1) is 0 Å². The molecule has 0 bridgehead atoms. The highest BCUT2D eigenvalue weighted by Crippen LogP contribution is 2.25. The summed E-state index contributed by atoms with van der Waals surface area (Å²) in [6, 6.07) is 0.210. The van der Waals surface area contributed by atoms with E-state index < -0.39 is 0 Å². The first kappa shape index (κ1) is 13.5. The van der Waals surface area contributed by atoms with Gasteiger partial charge in [-0.2, -0.15) is 5.10 Å². The Morgan fingerprint density at radius 1 is 1.32 bits per heavy atom. The predicted octanol–water partition coefficient (Wildman–Crippen LogP) is 1.08. The normalized spacial score (nSPS) is 21.6. The molecule has 2 aliphatic rings. The first-order valence-corrected chi connectivity index (χ1v) is 7.89. The van der Waals surface area contributed by atoms with Crippen molar-refractivity contribution >= 4 is 5.91 Å². The molecule has 7 heteroatoms. The Hall–Kier alpha value is -2.15. The lowest BCUT2D eigenvalue weighted by Crippen LogP contribution is -2.39. The van der Waals surface area contributed by atoms with E-state index in [2.05, 4.69) is 25.1 Å². The third kappa shape index (κ3) is 2.31. The van der Waals surface area contributed by atoms with Gasteiger partial charge >= 0.3 is 0 Å². The van der Waals surface area contributed by atoms with Crippen molar-refractivity contribution in [3.63, 3.8) is 0 Å². The smallest absolute Gasteiger partial charge is 0.257 e. The van der Waals surface area contributed by atoms with Crippen molar-refractivity contribution in [2.24, 2.45) is 0 Å². The molecule has 0 aromatic carbocycles. The number of amides is 1. The summed E-state index contributed by atoms with van der Waals surface area (Å²) in [5.74, 6) is 0.991. The number of hydrogen-bond donors (Lipinski definition) is 2. The SMILES string of the molecule is O=C(c1cn[nH]c1C1CCCCN1)N1CCn2ccnc2C1. The topological polar surface area (TPSA) is 78.8 Å². The van der Waals surface area contributed by atoms with Crippen molar-refractivity contribution in [3.8, 4) is 0 Å². The average Bonchev–Trinajstić information content (AvgIpc) is 3.23. The van der Waals surface area contributed by atoms with E-state index in [1.54, 1.807) is 12.4 Å². The summed E-state index contributed by atoms with van der Waals surface area (Å²) in [4.78, 5) is 19.0. The second-order valence-electron chi connectivity index (χ2n) is 5.96. The molecule has 0 aliphatic carbocycles. The molecular formula is C15H20N6O. The molecule has 1 amide bonds. The molecule has 4 heterocycles. The monoisotopic (exact) mass is 300 g/mol. The van der Waals surface area contributed by atoms with E-state index >= 15 is 0 Å². The zero-order valence-electron chi connectivity index (χ0n) is 12.5. The molecule has 1 unspecified atom stereocenters. The number of H-pyrrole nitrogens is 1. The Balaban J connectivity index is 1.55. The van der Waals surface area contributed by atoms with Crippen LogP contribution in [0.25, 0.3) is 0 Å². The number of aromatic amines is 1. The number of piperidine rings is 1. The van der Waals surface area contributed by atoms with Crippen molar-refractivity contribution in [1.82, 2.24) is 30.0 Å². The van der Waals surface area contributed by atoms with Gasteiger partial charge in [-0.05, 0) is 19.4 Å². The minimum Gasteiger partial charge on any atom is -0.332 e. The van der Waals surface area contributed by atoms with Gasteiger partial charge in [0, 0.05) is 31.5 Å². The van der Waals surface area contributed by atoms with Gasteiger partial charge in [-0.1, -0.05) is 6.42 Å². The van der Waals surface area contributed by atoms with Crippen LogP contribution in [0.15, 0.2) is 18.6 Å². The Bertz CT molecular complexity index is 669. The third-order valence-corrected chi connectivity index (χ3v) is 4.59. The standard InChI is InChI=1S/C15H20N6O/c22-15(21-8-7-20-6-5-17-13(20)10-21)11-9-18-19-14(11)12-3-1-2-4-16-12/h5-6,9,12,16H,1-4,7-8,10H2,(H,18,19). The van der Waals surface area contributed by atoms with E-state index in [1.807, 2.05) is 11.1 Å². The van der Waals surface area contributed by atoms with Gasteiger partial charge < -0.3 is 14.8 Å². The van der Waals surface area contributed by atoms with E-state index in [0.29, 0.717) is 18.7 Å². The largest absolute Gasteiger partial charge is 0.332 e. The number of aromatic nitrogens is 4. The van der Waals surface area contributed by atoms with Crippen LogP contribution in [0.4, 0.5) is 0 Å². The zero-order valence-corrected chi connectivity index (χ0v) is 12.5. The lowest BCUT2D eigenvalue weighted by atomic mass is 9.99. The number of nitrogens with zero attached hydrogens (tertiary/aromatic N) is 4. The number of imidazole rings is 1. The highest BCUT2D eigenvalue weighted by atomic mass is 16.2. The van der Waals surface area contributed by atoms with Gasteiger partial charge in [-0.3, -0.25) is 9.89 Å². The van der Waals surface area contributed by atoms with Crippen LogP contribution in [-0.2, 0) is 13.1 Å². The summed E-state index contributed by atoms with van der Waals surface area (Å²) in [5, 5.41) is 10.6. The predicted molar refractivity (Wildman–Crippen MR) is 80.1 cm³/mol. The minimum atomic E-state index is 0.0466. The van der Waals surface area contributed by atoms with Gasteiger partial charge in [0.15, 0.2) is 0 Å².